The number of methoxy groups -OCH3 is 1. The Bertz CT molecular complexity index is 1470. The number of rotatable bonds is 6. The highest BCUT2D eigenvalue weighted by molar-refractivity contribution is 6.00. The predicted molar refractivity (Wildman–Crippen MR) is 139 cm³/mol. The third-order valence-electron chi connectivity index (χ3n) is 7.78. The fourth-order valence-electron chi connectivity index (χ4n) is 5.66. The van der Waals surface area contributed by atoms with E-state index in [1.807, 2.05) is 40.8 Å². The number of para-hydroxylation sites is 1. The van der Waals surface area contributed by atoms with E-state index in [9.17, 15) is 9.18 Å². The van der Waals surface area contributed by atoms with Crippen LogP contribution in [-0.2, 0) is 13.6 Å². The van der Waals surface area contributed by atoms with E-state index >= 15 is 0 Å². The van der Waals surface area contributed by atoms with Crippen LogP contribution in [0.5, 0.6) is 5.75 Å². The van der Waals surface area contributed by atoms with Gasteiger partial charge in [-0.2, -0.15) is 0 Å². The summed E-state index contributed by atoms with van der Waals surface area (Å²) >= 11 is 0. The molecule has 0 unspecified atom stereocenters. The lowest BCUT2D eigenvalue weighted by atomic mass is 9.97. The lowest BCUT2D eigenvalue weighted by Crippen LogP contribution is -2.42. The number of ether oxygens (including phenoxy) is 1. The maximum atomic E-state index is 14.9. The Labute approximate surface area is 209 Å². The molecular formula is C28H32FN5O2. The largest absolute Gasteiger partial charge is 0.494 e. The molecule has 36 heavy (non-hydrogen) atoms. The van der Waals surface area contributed by atoms with Gasteiger partial charge in [0.05, 0.1) is 23.8 Å². The average molecular weight is 490 g/mol. The van der Waals surface area contributed by atoms with Crippen LogP contribution in [0.15, 0.2) is 36.4 Å². The molecule has 6 rings (SSSR count). The Kier molecular flexibility index (Phi) is 5.71. The molecule has 1 aliphatic heterocycles. The second kappa shape index (κ2) is 8.92. The topological polar surface area (TPSA) is 78.3 Å². The molecule has 3 heterocycles. The van der Waals surface area contributed by atoms with Gasteiger partial charge in [0.2, 0.25) is 0 Å². The van der Waals surface area contributed by atoms with Crippen molar-refractivity contribution in [2.45, 2.75) is 32.2 Å². The minimum Gasteiger partial charge on any atom is -0.494 e. The van der Waals surface area contributed by atoms with Crippen molar-refractivity contribution in [1.82, 2.24) is 19.0 Å². The monoisotopic (exact) mass is 489 g/mol. The molecule has 1 aliphatic carbocycles. The number of aryl methyl sites for hydroxylation is 1. The zero-order valence-corrected chi connectivity index (χ0v) is 20.8. The van der Waals surface area contributed by atoms with Crippen molar-refractivity contribution in [3.8, 4) is 17.3 Å². The van der Waals surface area contributed by atoms with E-state index in [1.54, 1.807) is 13.2 Å². The van der Waals surface area contributed by atoms with Crippen molar-refractivity contribution in [2.24, 2.45) is 24.6 Å². The van der Waals surface area contributed by atoms with E-state index in [0.29, 0.717) is 47.3 Å². The highest BCUT2D eigenvalue weighted by atomic mass is 19.1. The standard InChI is InChI=1S/C28H32FN5O2/c1-32-26-22(11-20(13-24(26)36-2)28(35)33-10-4-5-18(14-30)15-33)31-27(32)23-12-19-6-3-7-21(29)25(19)34(23)16-17-8-9-17/h3,6-7,11-13,17-18H,4-5,8-10,14-16,30H2,1-2H3/t18-/m0/s1. The minimum absolute atomic E-state index is 0.0227. The van der Waals surface area contributed by atoms with Gasteiger partial charge in [0.1, 0.15) is 17.1 Å². The fraction of sp³-hybridized carbons (Fsp3) is 0.429. The first-order valence-electron chi connectivity index (χ1n) is 12.8. The molecule has 1 atom stereocenters. The molecule has 1 amide bonds. The predicted octanol–water partition coefficient (Wildman–Crippen LogP) is 4.56. The van der Waals surface area contributed by atoms with Gasteiger partial charge in [-0.1, -0.05) is 12.1 Å². The molecule has 1 saturated heterocycles. The third kappa shape index (κ3) is 3.84. The maximum Gasteiger partial charge on any atom is 0.254 e. The Hall–Kier alpha value is -3.39. The van der Waals surface area contributed by atoms with Crippen LogP contribution in [0.3, 0.4) is 0 Å². The normalized spacial score (nSPS) is 18.3. The summed E-state index contributed by atoms with van der Waals surface area (Å²) in [6.45, 7) is 2.76. The molecule has 7 nitrogen and oxygen atoms in total. The van der Waals surface area contributed by atoms with Gasteiger partial charge >= 0.3 is 0 Å². The SMILES string of the molecule is COc1cc(C(=O)N2CCC[C@@H](CN)C2)cc2nc(-c3cc4cccc(F)c4n3CC3CC3)n(C)c12. The zero-order valence-electron chi connectivity index (χ0n) is 20.8. The zero-order chi connectivity index (χ0) is 25.0. The van der Waals surface area contributed by atoms with E-state index in [2.05, 4.69) is 4.57 Å². The van der Waals surface area contributed by atoms with Crippen LogP contribution in [-0.4, -0.2) is 51.7 Å². The van der Waals surface area contributed by atoms with E-state index in [0.717, 1.165) is 61.2 Å². The molecule has 2 aromatic carbocycles. The quantitative estimate of drug-likeness (QED) is 0.431. The summed E-state index contributed by atoms with van der Waals surface area (Å²) in [5, 5.41) is 0.861. The molecule has 2 aliphatic rings. The van der Waals surface area contributed by atoms with E-state index < -0.39 is 0 Å². The molecule has 0 radical (unpaired) electrons. The van der Waals surface area contributed by atoms with Crippen LogP contribution >= 0.6 is 0 Å². The number of carbonyl (C=O) groups excluding carboxylic acids is 1. The number of nitrogens with two attached hydrogens (primary N) is 1. The highest BCUT2D eigenvalue weighted by Crippen LogP contribution is 2.38. The molecule has 0 spiro atoms. The molecular weight excluding hydrogens is 457 g/mol. The van der Waals surface area contributed by atoms with Crippen LogP contribution in [0.25, 0.3) is 33.5 Å². The molecule has 4 aromatic rings. The van der Waals surface area contributed by atoms with Gasteiger partial charge in [-0.15, -0.1) is 0 Å². The summed E-state index contributed by atoms with van der Waals surface area (Å²) in [6.07, 6.45) is 4.35. The average Bonchev–Trinajstić information content (AvgIpc) is 3.56. The number of aromatic nitrogens is 3. The number of amides is 1. The summed E-state index contributed by atoms with van der Waals surface area (Å²) < 4.78 is 24.7. The number of piperidine rings is 1. The summed E-state index contributed by atoms with van der Waals surface area (Å²) in [5.41, 5.74) is 9.44. The molecule has 0 bridgehead atoms. The van der Waals surface area contributed by atoms with Gasteiger partial charge in [0.25, 0.3) is 5.91 Å². The summed E-state index contributed by atoms with van der Waals surface area (Å²) in [4.78, 5) is 20.3. The number of imidazole rings is 1. The van der Waals surface area contributed by atoms with Crippen LogP contribution in [0.4, 0.5) is 4.39 Å². The lowest BCUT2D eigenvalue weighted by molar-refractivity contribution is 0.0678. The number of fused-ring (bicyclic) bond motifs is 2. The van der Waals surface area contributed by atoms with Crippen molar-refractivity contribution in [3.63, 3.8) is 0 Å². The first-order valence-corrected chi connectivity index (χ1v) is 12.8. The minimum atomic E-state index is -0.221. The van der Waals surface area contributed by atoms with Gasteiger partial charge < -0.3 is 24.5 Å². The van der Waals surface area contributed by atoms with Crippen molar-refractivity contribution in [2.75, 3.05) is 26.7 Å². The van der Waals surface area contributed by atoms with Crippen molar-refractivity contribution >= 4 is 27.8 Å². The molecule has 188 valence electrons. The fourth-order valence-corrected chi connectivity index (χ4v) is 5.66. The van der Waals surface area contributed by atoms with Gasteiger partial charge in [0, 0.05) is 37.6 Å². The van der Waals surface area contributed by atoms with E-state index in [1.165, 1.54) is 6.07 Å². The van der Waals surface area contributed by atoms with Crippen molar-refractivity contribution < 1.29 is 13.9 Å². The van der Waals surface area contributed by atoms with Crippen LogP contribution in [0.2, 0.25) is 0 Å². The molecule has 2 aromatic heterocycles. The van der Waals surface area contributed by atoms with Gasteiger partial charge in [-0.05, 0) is 68.3 Å². The second-order valence-electron chi connectivity index (χ2n) is 10.3. The Morgan fingerprint density at radius 2 is 2.00 bits per heavy atom. The van der Waals surface area contributed by atoms with Gasteiger partial charge in [-0.3, -0.25) is 4.79 Å². The second-order valence-corrected chi connectivity index (χ2v) is 10.3. The van der Waals surface area contributed by atoms with Gasteiger partial charge in [0.15, 0.2) is 5.82 Å². The third-order valence-corrected chi connectivity index (χ3v) is 7.78. The number of benzene rings is 2. The van der Waals surface area contributed by atoms with E-state index in [4.69, 9.17) is 15.5 Å². The van der Waals surface area contributed by atoms with Crippen LogP contribution in [0, 0.1) is 17.7 Å². The maximum absolute atomic E-state index is 14.9. The molecule has 2 N–H and O–H groups in total. The van der Waals surface area contributed by atoms with Crippen LogP contribution in [0.1, 0.15) is 36.0 Å². The number of hydrogen-bond acceptors (Lipinski definition) is 4. The molecule has 2 fully saturated rings. The van der Waals surface area contributed by atoms with Crippen molar-refractivity contribution in [3.05, 3.63) is 47.8 Å². The molecule has 1 saturated carbocycles. The number of halogens is 1. The Morgan fingerprint density at radius 3 is 2.75 bits per heavy atom. The van der Waals surface area contributed by atoms with Crippen molar-refractivity contribution in [1.29, 1.82) is 0 Å². The number of nitrogens with zero attached hydrogens (tertiary/aromatic N) is 4. The molecule has 8 heteroatoms. The number of likely N-dealkylation sites (tertiary alicyclic amines) is 1. The first-order chi connectivity index (χ1) is 17.5. The van der Waals surface area contributed by atoms with Crippen LogP contribution < -0.4 is 10.5 Å². The van der Waals surface area contributed by atoms with E-state index in [-0.39, 0.29) is 11.7 Å². The number of hydrogen-bond donors (Lipinski definition) is 1. The first kappa shape index (κ1) is 23.0. The number of carbonyl (C=O) groups is 1. The Balaban J connectivity index is 1.47. The summed E-state index contributed by atoms with van der Waals surface area (Å²) in [6, 6.07) is 10.9. The summed E-state index contributed by atoms with van der Waals surface area (Å²) in [5.74, 6) is 1.98. The Morgan fingerprint density at radius 1 is 1.17 bits per heavy atom. The van der Waals surface area contributed by atoms with Gasteiger partial charge in [-0.25, -0.2) is 9.37 Å². The highest BCUT2D eigenvalue weighted by Gasteiger charge is 2.28. The lowest BCUT2D eigenvalue weighted by Gasteiger charge is -2.32. The smallest absolute Gasteiger partial charge is 0.254 e. The summed E-state index contributed by atoms with van der Waals surface area (Å²) in [7, 11) is 3.56.